The Balaban J connectivity index is 1.49. The van der Waals surface area contributed by atoms with Crippen LogP contribution in [-0.4, -0.2) is 10.8 Å². The molecule has 0 fully saturated rings. The van der Waals surface area contributed by atoms with Crippen LogP contribution in [0.4, 0.5) is 0 Å². The molecule has 0 aliphatic carbocycles. The van der Waals surface area contributed by atoms with Gasteiger partial charge < -0.3 is 4.98 Å². The van der Waals surface area contributed by atoms with Crippen molar-refractivity contribution in [3.8, 4) is 0 Å². The summed E-state index contributed by atoms with van der Waals surface area (Å²) in [5.74, 6) is 0.108. The Labute approximate surface area is 150 Å². The molecule has 0 radical (unpaired) electrons. The largest absolute Gasteiger partial charge is 0.350 e. The van der Waals surface area contributed by atoms with Gasteiger partial charge in [0.25, 0.3) is 0 Å². The van der Waals surface area contributed by atoms with Gasteiger partial charge in [0.1, 0.15) is 5.52 Å². The molecular formula is C23H17N2O+. The fourth-order valence-electron chi connectivity index (χ4n) is 3.56. The van der Waals surface area contributed by atoms with Crippen molar-refractivity contribution >= 4 is 38.4 Å². The summed E-state index contributed by atoms with van der Waals surface area (Å²) in [7, 11) is 0. The average molecular weight is 337 g/mol. The maximum absolute atomic E-state index is 12.7. The number of rotatable bonds is 3. The topological polar surface area (TPSA) is 36.7 Å². The van der Waals surface area contributed by atoms with Crippen LogP contribution in [0.25, 0.3) is 32.6 Å². The van der Waals surface area contributed by atoms with E-state index in [0.717, 1.165) is 27.4 Å². The molecule has 0 saturated heterocycles. The molecule has 0 saturated carbocycles. The summed E-state index contributed by atoms with van der Waals surface area (Å²) in [4.78, 5) is 16.2. The van der Waals surface area contributed by atoms with Gasteiger partial charge in [0.15, 0.2) is 12.4 Å². The molecule has 2 aromatic heterocycles. The van der Waals surface area contributed by atoms with Gasteiger partial charge in [-0.25, -0.2) is 0 Å². The minimum absolute atomic E-state index is 0.108. The number of fused-ring (bicyclic) bond motifs is 4. The van der Waals surface area contributed by atoms with Crippen molar-refractivity contribution < 1.29 is 9.36 Å². The van der Waals surface area contributed by atoms with Gasteiger partial charge >= 0.3 is 0 Å². The normalized spacial score (nSPS) is 11.4. The van der Waals surface area contributed by atoms with Crippen molar-refractivity contribution in [1.29, 1.82) is 0 Å². The molecule has 0 aliphatic rings. The fraction of sp³-hybridized carbons (Fsp3) is 0.0435. The van der Waals surface area contributed by atoms with Gasteiger partial charge in [-0.2, -0.15) is 4.57 Å². The second-order valence-corrected chi connectivity index (χ2v) is 6.60. The van der Waals surface area contributed by atoms with E-state index in [1.807, 2.05) is 65.5 Å². The van der Waals surface area contributed by atoms with Gasteiger partial charge in [-0.15, -0.1) is 0 Å². The van der Waals surface area contributed by atoms with Gasteiger partial charge in [-0.1, -0.05) is 54.6 Å². The van der Waals surface area contributed by atoms with Crippen molar-refractivity contribution in [1.82, 2.24) is 4.98 Å². The monoisotopic (exact) mass is 337 g/mol. The molecule has 0 bridgehead atoms. The van der Waals surface area contributed by atoms with E-state index in [4.69, 9.17) is 0 Å². The molecule has 0 atom stereocenters. The lowest BCUT2D eigenvalue weighted by Gasteiger charge is -2.02. The van der Waals surface area contributed by atoms with Crippen molar-refractivity contribution in [2.45, 2.75) is 6.54 Å². The Bertz CT molecular complexity index is 1280. The van der Waals surface area contributed by atoms with Crippen LogP contribution in [0.15, 0.2) is 85.2 Å². The Kier molecular flexibility index (Phi) is 3.32. The molecule has 5 rings (SSSR count). The van der Waals surface area contributed by atoms with Crippen LogP contribution in [0.5, 0.6) is 0 Å². The lowest BCUT2D eigenvalue weighted by Crippen LogP contribution is -2.37. The van der Waals surface area contributed by atoms with E-state index >= 15 is 0 Å². The lowest BCUT2D eigenvalue weighted by atomic mass is 10.0. The maximum atomic E-state index is 12.7. The van der Waals surface area contributed by atoms with Crippen molar-refractivity contribution in [3.05, 3.63) is 90.8 Å². The maximum Gasteiger partial charge on any atom is 0.227 e. The fourth-order valence-corrected chi connectivity index (χ4v) is 3.56. The molecule has 26 heavy (non-hydrogen) atoms. The minimum atomic E-state index is 0.108. The van der Waals surface area contributed by atoms with Gasteiger partial charge in [-0.05, 0) is 22.9 Å². The van der Waals surface area contributed by atoms with Crippen LogP contribution in [-0.2, 0) is 6.54 Å². The summed E-state index contributed by atoms with van der Waals surface area (Å²) < 4.78 is 1.94. The van der Waals surface area contributed by atoms with Crippen LogP contribution in [0.1, 0.15) is 10.4 Å². The molecule has 3 aromatic carbocycles. The predicted octanol–water partition coefficient (Wildman–Crippen LogP) is 4.64. The number of aromatic nitrogens is 2. The number of hydrogen-bond acceptors (Lipinski definition) is 1. The molecule has 124 valence electrons. The Hall–Kier alpha value is -3.46. The van der Waals surface area contributed by atoms with Crippen molar-refractivity contribution in [3.63, 3.8) is 0 Å². The predicted molar refractivity (Wildman–Crippen MR) is 104 cm³/mol. The third-order valence-corrected chi connectivity index (χ3v) is 4.90. The lowest BCUT2D eigenvalue weighted by molar-refractivity contribution is -0.681. The summed E-state index contributed by atoms with van der Waals surface area (Å²) in [6.45, 7) is 0.323. The number of aromatic amines is 1. The van der Waals surface area contributed by atoms with E-state index in [9.17, 15) is 4.79 Å². The smallest absolute Gasteiger partial charge is 0.227 e. The zero-order valence-corrected chi connectivity index (χ0v) is 14.1. The number of nitrogens with zero attached hydrogens (tertiary/aromatic N) is 1. The van der Waals surface area contributed by atoms with Gasteiger partial charge in [0.2, 0.25) is 12.3 Å². The first-order chi connectivity index (χ1) is 12.8. The van der Waals surface area contributed by atoms with E-state index < -0.39 is 0 Å². The van der Waals surface area contributed by atoms with E-state index in [1.54, 1.807) is 0 Å². The first-order valence-corrected chi connectivity index (χ1v) is 8.69. The van der Waals surface area contributed by atoms with Gasteiger partial charge in [0, 0.05) is 27.9 Å². The summed E-state index contributed by atoms with van der Waals surface area (Å²) in [6.07, 6.45) is 3.98. The van der Waals surface area contributed by atoms with E-state index in [2.05, 4.69) is 29.2 Å². The number of carbonyl (C=O) groups is 1. The highest BCUT2D eigenvalue weighted by molar-refractivity contribution is 6.06. The zero-order chi connectivity index (χ0) is 17.5. The number of H-pyrrole nitrogens is 1. The highest BCUT2D eigenvalue weighted by Gasteiger charge is 2.14. The number of carbonyl (C=O) groups excluding carboxylic acids is 1. The first-order valence-electron chi connectivity index (χ1n) is 8.69. The summed E-state index contributed by atoms with van der Waals surface area (Å²) in [5, 5.41) is 4.62. The molecule has 0 unspecified atom stereocenters. The molecular weight excluding hydrogens is 320 g/mol. The van der Waals surface area contributed by atoms with Gasteiger partial charge in [0.05, 0.1) is 0 Å². The number of pyridine rings is 1. The third kappa shape index (κ3) is 2.45. The Morgan fingerprint density at radius 1 is 0.808 bits per heavy atom. The summed E-state index contributed by atoms with van der Waals surface area (Å²) in [5.41, 5.74) is 2.90. The summed E-state index contributed by atoms with van der Waals surface area (Å²) >= 11 is 0. The Morgan fingerprint density at radius 3 is 2.50 bits per heavy atom. The number of benzene rings is 3. The average Bonchev–Trinajstić information content (AvgIpc) is 3.05. The molecule has 0 spiro atoms. The van der Waals surface area contributed by atoms with Crippen LogP contribution in [0.3, 0.4) is 0 Å². The van der Waals surface area contributed by atoms with Crippen LogP contribution < -0.4 is 4.57 Å². The second kappa shape index (κ2) is 5.81. The zero-order valence-electron chi connectivity index (χ0n) is 14.1. The van der Waals surface area contributed by atoms with Crippen molar-refractivity contribution in [2.24, 2.45) is 0 Å². The number of ketones is 1. The number of para-hydroxylation sites is 1. The highest BCUT2D eigenvalue weighted by Crippen LogP contribution is 2.23. The quantitative estimate of drug-likeness (QED) is 0.378. The molecule has 3 heteroatoms. The van der Waals surface area contributed by atoms with Crippen molar-refractivity contribution in [2.75, 3.05) is 0 Å². The van der Waals surface area contributed by atoms with Crippen LogP contribution in [0, 0.1) is 0 Å². The van der Waals surface area contributed by atoms with E-state index in [0.29, 0.717) is 6.54 Å². The van der Waals surface area contributed by atoms with Crippen LogP contribution in [0.2, 0.25) is 0 Å². The Morgan fingerprint density at radius 2 is 1.58 bits per heavy atom. The molecule has 2 heterocycles. The van der Waals surface area contributed by atoms with E-state index in [1.165, 1.54) is 10.8 Å². The van der Waals surface area contributed by atoms with Gasteiger partial charge in [-0.3, -0.25) is 4.79 Å². The molecule has 3 nitrogen and oxygen atoms in total. The SMILES string of the molecule is O=C(C[n+]1ccc2c(c1)[nH]c1ccccc12)c1ccc2ccccc2c1. The van der Waals surface area contributed by atoms with E-state index in [-0.39, 0.29) is 5.78 Å². The number of hydrogen-bond donors (Lipinski definition) is 1. The molecule has 5 aromatic rings. The highest BCUT2D eigenvalue weighted by atomic mass is 16.1. The molecule has 1 N–H and O–H groups in total. The van der Waals surface area contributed by atoms with Crippen LogP contribution >= 0.6 is 0 Å². The first kappa shape index (κ1) is 14.8. The minimum Gasteiger partial charge on any atom is -0.350 e. The standard InChI is InChI=1S/C23H16N2O/c26-23(18-10-9-16-5-1-2-6-17(16)13-18)15-25-12-11-20-19-7-3-4-8-21(19)24-22(20)14-25/h1-14H,15H2/p+1. The summed E-state index contributed by atoms with van der Waals surface area (Å²) in [6, 6.07) is 24.3. The molecule has 0 aliphatic heterocycles. The third-order valence-electron chi connectivity index (χ3n) is 4.90. The molecule has 0 amide bonds. The number of Topliss-reactive ketones (excluding diaryl/α,β-unsaturated/α-hetero) is 1. The second-order valence-electron chi connectivity index (χ2n) is 6.60. The number of nitrogens with one attached hydrogen (secondary N) is 1.